The summed E-state index contributed by atoms with van der Waals surface area (Å²) in [6, 6.07) is 3.36. The summed E-state index contributed by atoms with van der Waals surface area (Å²) in [5.74, 6) is 0.0494. The Morgan fingerprint density at radius 3 is 2.04 bits per heavy atom. The van der Waals surface area contributed by atoms with Gasteiger partial charge in [0.05, 0.1) is 12.2 Å². The van der Waals surface area contributed by atoms with Crippen molar-refractivity contribution in [3.63, 3.8) is 0 Å². The van der Waals surface area contributed by atoms with Crippen LogP contribution < -0.4 is 0 Å². The SMILES string of the molecule is CCCCCCCCCCCCOC(=O)c1ccncc1.CN1CCCC1=O. The first kappa shape index (κ1) is 24.1. The predicted octanol–water partition coefficient (Wildman–Crippen LogP) is 5.40. The molecule has 0 aliphatic carbocycles. The van der Waals surface area contributed by atoms with Crippen LogP contribution in [0.1, 0.15) is 94.3 Å². The molecule has 28 heavy (non-hydrogen) atoms. The van der Waals surface area contributed by atoms with Gasteiger partial charge in [-0.3, -0.25) is 9.78 Å². The van der Waals surface area contributed by atoms with Gasteiger partial charge < -0.3 is 9.64 Å². The number of pyridine rings is 1. The molecule has 1 aromatic heterocycles. The number of nitrogens with zero attached hydrogens (tertiary/aromatic N) is 2. The lowest BCUT2D eigenvalue weighted by Crippen LogP contribution is -2.17. The van der Waals surface area contributed by atoms with E-state index < -0.39 is 0 Å². The number of hydrogen-bond acceptors (Lipinski definition) is 4. The van der Waals surface area contributed by atoms with Crippen LogP contribution in [0.15, 0.2) is 24.5 Å². The summed E-state index contributed by atoms with van der Waals surface area (Å²) in [5.41, 5.74) is 0.581. The molecule has 0 aromatic carbocycles. The Bertz CT molecular complexity index is 534. The number of amides is 1. The number of hydrogen-bond donors (Lipinski definition) is 0. The first-order valence-electron chi connectivity index (χ1n) is 11.0. The van der Waals surface area contributed by atoms with Crippen molar-refractivity contribution in [1.82, 2.24) is 9.88 Å². The monoisotopic (exact) mass is 390 g/mol. The largest absolute Gasteiger partial charge is 0.462 e. The van der Waals surface area contributed by atoms with Crippen molar-refractivity contribution in [2.24, 2.45) is 0 Å². The number of carbonyl (C=O) groups is 2. The van der Waals surface area contributed by atoms with Gasteiger partial charge in [0.1, 0.15) is 0 Å². The fraction of sp³-hybridized carbons (Fsp3) is 0.696. The number of ether oxygens (including phenoxy) is 1. The molecule has 2 rings (SSSR count). The third kappa shape index (κ3) is 11.7. The van der Waals surface area contributed by atoms with Crippen LogP contribution in [0.5, 0.6) is 0 Å². The molecule has 1 saturated heterocycles. The second-order valence-corrected chi connectivity index (χ2v) is 7.47. The molecule has 5 heteroatoms. The standard InChI is InChI=1S/C18H29NO2.C5H9NO/c1-2-3-4-5-6-7-8-9-10-11-16-21-18(20)17-12-14-19-15-13-17;1-6-4-2-3-5(6)7/h12-15H,2-11,16H2,1H3;2-4H2,1H3. The van der Waals surface area contributed by atoms with Crippen LogP contribution in [-0.4, -0.2) is 42.0 Å². The van der Waals surface area contributed by atoms with Gasteiger partial charge in [0.2, 0.25) is 5.91 Å². The maximum absolute atomic E-state index is 11.7. The van der Waals surface area contributed by atoms with E-state index in [2.05, 4.69) is 11.9 Å². The van der Waals surface area contributed by atoms with Crippen LogP contribution in [0.2, 0.25) is 0 Å². The highest BCUT2D eigenvalue weighted by atomic mass is 16.5. The number of unbranched alkanes of at least 4 members (excludes halogenated alkanes) is 9. The van der Waals surface area contributed by atoms with Crippen LogP contribution in [0.4, 0.5) is 0 Å². The highest BCUT2D eigenvalue weighted by Crippen LogP contribution is 2.10. The highest BCUT2D eigenvalue weighted by molar-refractivity contribution is 5.89. The van der Waals surface area contributed by atoms with Crippen LogP contribution in [0.3, 0.4) is 0 Å². The summed E-state index contributed by atoms with van der Waals surface area (Å²) < 4.78 is 5.23. The second-order valence-electron chi connectivity index (χ2n) is 7.47. The summed E-state index contributed by atoms with van der Waals surface area (Å²) in [5, 5.41) is 0. The molecule has 1 aromatic rings. The van der Waals surface area contributed by atoms with E-state index in [1.807, 2.05) is 7.05 Å². The van der Waals surface area contributed by atoms with E-state index in [9.17, 15) is 9.59 Å². The number of rotatable bonds is 12. The van der Waals surface area contributed by atoms with Gasteiger partial charge in [-0.2, -0.15) is 0 Å². The Labute approximate surface area is 170 Å². The molecule has 158 valence electrons. The van der Waals surface area contributed by atoms with Gasteiger partial charge in [-0.1, -0.05) is 64.7 Å². The number of aromatic nitrogens is 1. The van der Waals surface area contributed by atoms with Crippen molar-refractivity contribution in [2.75, 3.05) is 20.2 Å². The maximum atomic E-state index is 11.7. The van der Waals surface area contributed by atoms with E-state index in [-0.39, 0.29) is 5.97 Å². The van der Waals surface area contributed by atoms with E-state index in [0.717, 1.165) is 32.2 Å². The molecular weight excluding hydrogens is 352 g/mol. The highest BCUT2D eigenvalue weighted by Gasteiger charge is 2.14. The third-order valence-corrected chi connectivity index (χ3v) is 4.96. The molecule has 2 heterocycles. The number of likely N-dealkylation sites (tertiary alicyclic amines) is 1. The summed E-state index contributed by atoms with van der Waals surface area (Å²) in [4.78, 5) is 27.8. The molecule has 0 unspecified atom stereocenters. The van der Waals surface area contributed by atoms with Gasteiger partial charge >= 0.3 is 5.97 Å². The zero-order valence-electron chi connectivity index (χ0n) is 17.8. The van der Waals surface area contributed by atoms with Gasteiger partial charge in [0, 0.05) is 32.4 Å². The van der Waals surface area contributed by atoms with Crippen molar-refractivity contribution in [3.8, 4) is 0 Å². The molecule has 0 atom stereocenters. The van der Waals surface area contributed by atoms with Gasteiger partial charge in [0.15, 0.2) is 0 Å². The first-order chi connectivity index (χ1) is 13.6. The van der Waals surface area contributed by atoms with E-state index in [4.69, 9.17) is 4.74 Å². The van der Waals surface area contributed by atoms with Crippen molar-refractivity contribution < 1.29 is 14.3 Å². The van der Waals surface area contributed by atoms with E-state index in [0.29, 0.717) is 18.1 Å². The molecule has 1 amide bonds. The average molecular weight is 391 g/mol. The topological polar surface area (TPSA) is 59.5 Å². The molecule has 5 nitrogen and oxygen atoms in total. The van der Waals surface area contributed by atoms with Gasteiger partial charge in [-0.15, -0.1) is 0 Å². The number of carbonyl (C=O) groups excluding carboxylic acids is 2. The van der Waals surface area contributed by atoms with Crippen molar-refractivity contribution >= 4 is 11.9 Å². The van der Waals surface area contributed by atoms with Gasteiger partial charge in [0.25, 0.3) is 0 Å². The minimum atomic E-state index is -0.242. The minimum Gasteiger partial charge on any atom is -0.462 e. The summed E-state index contributed by atoms with van der Waals surface area (Å²) in [7, 11) is 1.84. The van der Waals surface area contributed by atoms with E-state index >= 15 is 0 Å². The lowest BCUT2D eigenvalue weighted by molar-refractivity contribution is -0.126. The zero-order valence-corrected chi connectivity index (χ0v) is 17.8. The van der Waals surface area contributed by atoms with Crippen molar-refractivity contribution in [2.45, 2.75) is 84.0 Å². The molecule has 0 saturated carbocycles. The average Bonchev–Trinajstić information content (AvgIpc) is 3.09. The summed E-state index contributed by atoms with van der Waals surface area (Å²) in [6.45, 7) is 3.73. The van der Waals surface area contributed by atoms with Crippen LogP contribution in [0, 0.1) is 0 Å². The normalized spacial score (nSPS) is 13.2. The molecule has 1 aliphatic rings. The lowest BCUT2D eigenvalue weighted by Gasteiger charge is -2.05. The van der Waals surface area contributed by atoms with Gasteiger partial charge in [-0.05, 0) is 25.0 Å². The molecule has 0 radical (unpaired) electrons. The molecule has 0 bridgehead atoms. The zero-order chi connectivity index (χ0) is 20.5. The smallest absolute Gasteiger partial charge is 0.338 e. The van der Waals surface area contributed by atoms with E-state index in [1.54, 1.807) is 29.4 Å². The Kier molecular flexibility index (Phi) is 13.9. The Morgan fingerprint density at radius 1 is 1.00 bits per heavy atom. The van der Waals surface area contributed by atoms with Crippen molar-refractivity contribution in [3.05, 3.63) is 30.1 Å². The second kappa shape index (κ2) is 16.1. The van der Waals surface area contributed by atoms with Crippen LogP contribution in [0.25, 0.3) is 0 Å². The lowest BCUT2D eigenvalue weighted by atomic mass is 10.1. The van der Waals surface area contributed by atoms with Crippen LogP contribution in [-0.2, 0) is 9.53 Å². The predicted molar refractivity (Wildman–Crippen MR) is 113 cm³/mol. The first-order valence-corrected chi connectivity index (χ1v) is 11.0. The van der Waals surface area contributed by atoms with Gasteiger partial charge in [-0.25, -0.2) is 4.79 Å². The summed E-state index contributed by atoms with van der Waals surface area (Å²) in [6.07, 6.45) is 17.9. The Hall–Kier alpha value is -1.91. The van der Waals surface area contributed by atoms with E-state index in [1.165, 1.54) is 51.4 Å². The quantitative estimate of drug-likeness (QED) is 0.354. The Balaban J connectivity index is 0.000000467. The fourth-order valence-electron chi connectivity index (χ4n) is 3.11. The third-order valence-electron chi connectivity index (χ3n) is 4.96. The fourth-order valence-corrected chi connectivity index (χ4v) is 3.11. The molecule has 1 aliphatic heterocycles. The molecular formula is C23H38N2O3. The van der Waals surface area contributed by atoms with Crippen molar-refractivity contribution in [1.29, 1.82) is 0 Å². The molecule has 0 spiro atoms. The summed E-state index contributed by atoms with van der Waals surface area (Å²) >= 11 is 0. The maximum Gasteiger partial charge on any atom is 0.338 e. The molecule has 0 N–H and O–H groups in total. The minimum absolute atomic E-state index is 0.242. The Morgan fingerprint density at radius 2 is 1.57 bits per heavy atom. The van der Waals surface area contributed by atoms with Crippen LogP contribution >= 0.6 is 0 Å². The molecule has 1 fully saturated rings. The number of esters is 1.